The van der Waals surface area contributed by atoms with E-state index in [1.807, 2.05) is 11.4 Å². The van der Waals surface area contributed by atoms with Gasteiger partial charge in [-0.15, -0.1) is 11.3 Å². The Morgan fingerprint density at radius 2 is 2.25 bits per heavy atom. The van der Waals surface area contributed by atoms with E-state index >= 15 is 0 Å². The molecule has 0 aliphatic carbocycles. The Bertz CT molecular complexity index is 237. The van der Waals surface area contributed by atoms with Crippen molar-refractivity contribution >= 4 is 11.3 Å². The summed E-state index contributed by atoms with van der Waals surface area (Å²) in [6.07, 6.45) is 0.545. The van der Waals surface area contributed by atoms with Gasteiger partial charge in [-0.25, -0.2) is 0 Å². The summed E-state index contributed by atoms with van der Waals surface area (Å²) < 4.78 is 0. The monoisotopic (exact) mass is 187 g/mol. The third-order valence-corrected chi connectivity index (χ3v) is 2.68. The fourth-order valence-corrected chi connectivity index (χ4v) is 1.91. The molecule has 0 bridgehead atoms. The molecule has 1 aromatic heterocycles. The first-order valence-corrected chi connectivity index (χ1v) is 4.71. The molecule has 1 heterocycles. The molecule has 0 saturated carbocycles. The summed E-state index contributed by atoms with van der Waals surface area (Å²) in [5.41, 5.74) is 6.72. The van der Waals surface area contributed by atoms with Gasteiger partial charge in [-0.05, 0) is 23.4 Å². The zero-order valence-corrected chi connectivity index (χ0v) is 7.55. The van der Waals surface area contributed by atoms with Gasteiger partial charge in [0.2, 0.25) is 0 Å². The van der Waals surface area contributed by atoms with E-state index in [-0.39, 0.29) is 19.3 Å². The van der Waals surface area contributed by atoms with E-state index in [1.54, 1.807) is 0 Å². The third-order valence-electron chi connectivity index (χ3n) is 1.76. The number of hydrogen-bond donors (Lipinski definition) is 3. The number of aliphatic hydroxyl groups excluding tert-OH is 2. The largest absolute Gasteiger partial charge is 0.396 e. The number of nitrogens with two attached hydrogens (primary N) is 1. The number of rotatable bonds is 4. The number of thiophene rings is 1. The van der Waals surface area contributed by atoms with Gasteiger partial charge in [0.05, 0.1) is 6.61 Å². The first-order valence-electron chi connectivity index (χ1n) is 3.83. The molecular weight excluding hydrogens is 174 g/mol. The van der Waals surface area contributed by atoms with Crippen LogP contribution in [0.4, 0.5) is 0 Å². The second-order valence-electron chi connectivity index (χ2n) is 2.58. The average molecular weight is 187 g/mol. The standard InChI is InChI=1S/C8H13NO2S/c9-7(1-3-10)6-2-4-12-8(6)5-11/h2,4,7,10-11H,1,3,5,9H2/t7-/m0/s1. The molecule has 12 heavy (non-hydrogen) atoms. The maximum atomic E-state index is 8.92. The summed E-state index contributed by atoms with van der Waals surface area (Å²) in [5.74, 6) is 0. The van der Waals surface area contributed by atoms with E-state index in [0.717, 1.165) is 10.4 Å². The van der Waals surface area contributed by atoms with Crippen LogP contribution in [0.2, 0.25) is 0 Å². The van der Waals surface area contributed by atoms with Crippen LogP contribution < -0.4 is 5.73 Å². The van der Waals surface area contributed by atoms with Gasteiger partial charge < -0.3 is 15.9 Å². The predicted molar refractivity (Wildman–Crippen MR) is 48.9 cm³/mol. The van der Waals surface area contributed by atoms with Crippen LogP contribution in [0.25, 0.3) is 0 Å². The van der Waals surface area contributed by atoms with Crippen LogP contribution in [0, 0.1) is 0 Å². The lowest BCUT2D eigenvalue weighted by Crippen LogP contribution is -2.12. The summed E-state index contributed by atoms with van der Waals surface area (Å²) >= 11 is 1.49. The molecule has 0 radical (unpaired) electrons. The molecular formula is C8H13NO2S. The summed E-state index contributed by atoms with van der Waals surface area (Å²) in [7, 11) is 0. The normalized spacial score (nSPS) is 13.2. The maximum Gasteiger partial charge on any atom is 0.0777 e. The molecule has 0 spiro atoms. The topological polar surface area (TPSA) is 66.5 Å². The Labute approximate surface area is 75.5 Å². The minimum absolute atomic E-state index is 0.0339. The van der Waals surface area contributed by atoms with Crippen LogP contribution in [0.5, 0.6) is 0 Å². The van der Waals surface area contributed by atoms with Gasteiger partial charge in [-0.2, -0.15) is 0 Å². The minimum Gasteiger partial charge on any atom is -0.396 e. The molecule has 0 unspecified atom stereocenters. The van der Waals surface area contributed by atoms with Crippen LogP contribution >= 0.6 is 11.3 Å². The quantitative estimate of drug-likeness (QED) is 0.647. The first kappa shape index (κ1) is 9.67. The lowest BCUT2D eigenvalue weighted by atomic mass is 10.1. The molecule has 1 rings (SSSR count). The Kier molecular flexibility index (Phi) is 3.68. The molecule has 68 valence electrons. The fourth-order valence-electron chi connectivity index (χ4n) is 1.10. The van der Waals surface area contributed by atoms with Gasteiger partial charge in [0.15, 0.2) is 0 Å². The van der Waals surface area contributed by atoms with E-state index in [2.05, 4.69) is 0 Å². The van der Waals surface area contributed by atoms with Crippen LogP contribution in [-0.4, -0.2) is 16.8 Å². The van der Waals surface area contributed by atoms with Gasteiger partial charge in [0.25, 0.3) is 0 Å². The van der Waals surface area contributed by atoms with E-state index in [4.69, 9.17) is 15.9 Å². The van der Waals surface area contributed by atoms with Crippen molar-refractivity contribution < 1.29 is 10.2 Å². The van der Waals surface area contributed by atoms with Crippen LogP contribution in [0.1, 0.15) is 22.9 Å². The van der Waals surface area contributed by atoms with Crippen LogP contribution in [0.3, 0.4) is 0 Å². The lowest BCUT2D eigenvalue weighted by Gasteiger charge is -2.09. The Balaban J connectivity index is 2.71. The van der Waals surface area contributed by atoms with Crippen molar-refractivity contribution in [3.05, 3.63) is 21.9 Å². The summed E-state index contributed by atoms with van der Waals surface area (Å²) in [4.78, 5) is 0.899. The molecule has 0 amide bonds. The van der Waals surface area contributed by atoms with E-state index in [0.29, 0.717) is 6.42 Å². The number of hydrogen-bond acceptors (Lipinski definition) is 4. The van der Waals surface area contributed by atoms with Crippen molar-refractivity contribution in [1.29, 1.82) is 0 Å². The second-order valence-corrected chi connectivity index (χ2v) is 3.58. The van der Waals surface area contributed by atoms with Crippen LogP contribution in [-0.2, 0) is 6.61 Å². The molecule has 1 atom stereocenters. The highest BCUT2D eigenvalue weighted by molar-refractivity contribution is 7.10. The molecule has 1 aromatic rings. The molecule has 3 nitrogen and oxygen atoms in total. The van der Waals surface area contributed by atoms with Crippen LogP contribution in [0.15, 0.2) is 11.4 Å². The zero-order chi connectivity index (χ0) is 8.97. The van der Waals surface area contributed by atoms with Gasteiger partial charge in [-0.3, -0.25) is 0 Å². The highest BCUT2D eigenvalue weighted by Gasteiger charge is 2.10. The van der Waals surface area contributed by atoms with Crippen molar-refractivity contribution in [3.8, 4) is 0 Å². The second kappa shape index (κ2) is 4.57. The highest BCUT2D eigenvalue weighted by atomic mass is 32.1. The highest BCUT2D eigenvalue weighted by Crippen LogP contribution is 2.23. The zero-order valence-electron chi connectivity index (χ0n) is 6.73. The molecule has 4 heteroatoms. The van der Waals surface area contributed by atoms with E-state index in [9.17, 15) is 0 Å². The van der Waals surface area contributed by atoms with Crippen molar-refractivity contribution in [3.63, 3.8) is 0 Å². The minimum atomic E-state index is -0.150. The SMILES string of the molecule is N[C@@H](CCO)c1ccsc1CO. The number of aliphatic hydroxyl groups is 2. The lowest BCUT2D eigenvalue weighted by molar-refractivity contribution is 0.270. The molecule has 0 saturated heterocycles. The van der Waals surface area contributed by atoms with Gasteiger partial charge in [0, 0.05) is 17.5 Å². The Morgan fingerprint density at radius 3 is 2.83 bits per heavy atom. The van der Waals surface area contributed by atoms with E-state index < -0.39 is 0 Å². The molecule has 0 aromatic carbocycles. The van der Waals surface area contributed by atoms with Gasteiger partial charge in [0.1, 0.15) is 0 Å². The molecule has 0 aliphatic heterocycles. The van der Waals surface area contributed by atoms with E-state index in [1.165, 1.54) is 11.3 Å². The van der Waals surface area contributed by atoms with Crippen molar-refractivity contribution in [2.24, 2.45) is 5.73 Å². The Hall–Kier alpha value is -0.420. The smallest absolute Gasteiger partial charge is 0.0777 e. The third kappa shape index (κ3) is 2.04. The molecule has 4 N–H and O–H groups in total. The average Bonchev–Trinajstić information content (AvgIpc) is 2.51. The van der Waals surface area contributed by atoms with Crippen molar-refractivity contribution in [2.75, 3.05) is 6.61 Å². The molecule has 0 aliphatic rings. The summed E-state index contributed by atoms with van der Waals surface area (Å²) in [6, 6.07) is 1.75. The summed E-state index contributed by atoms with van der Waals surface area (Å²) in [6.45, 7) is 0.119. The predicted octanol–water partition coefficient (Wildman–Crippen LogP) is 0.623. The van der Waals surface area contributed by atoms with Gasteiger partial charge >= 0.3 is 0 Å². The summed E-state index contributed by atoms with van der Waals surface area (Å²) in [5, 5.41) is 19.5. The Morgan fingerprint density at radius 1 is 1.50 bits per heavy atom. The fraction of sp³-hybridized carbons (Fsp3) is 0.500. The molecule has 0 fully saturated rings. The van der Waals surface area contributed by atoms with Gasteiger partial charge in [-0.1, -0.05) is 0 Å². The van der Waals surface area contributed by atoms with Crippen molar-refractivity contribution in [2.45, 2.75) is 19.1 Å². The van der Waals surface area contributed by atoms with Crippen molar-refractivity contribution in [1.82, 2.24) is 0 Å². The first-order chi connectivity index (χ1) is 5.79. The maximum absolute atomic E-state index is 8.92.